The monoisotopic (exact) mass is 337 g/mol. The van der Waals surface area contributed by atoms with Crippen molar-refractivity contribution in [3.05, 3.63) is 0 Å². The molecule has 0 spiro atoms. The lowest BCUT2D eigenvalue weighted by Gasteiger charge is -2.35. The Kier molecular flexibility index (Phi) is 9.78. The van der Waals surface area contributed by atoms with E-state index in [0.29, 0.717) is 10.4 Å². The lowest BCUT2D eigenvalue weighted by molar-refractivity contribution is -0.896. The summed E-state index contributed by atoms with van der Waals surface area (Å²) in [5, 5.41) is 9.78. The molecule has 6 heteroatoms. The third-order valence-corrected chi connectivity index (χ3v) is 4.98. The molecule has 0 aliphatic carbocycles. The van der Waals surface area contributed by atoms with Gasteiger partial charge in [0.25, 0.3) is 0 Å². The number of nitrogens with zero attached hydrogens (tertiary/aromatic N) is 1. The molecule has 0 fully saturated rings. The molecule has 0 aromatic heterocycles. The van der Waals surface area contributed by atoms with E-state index >= 15 is 0 Å². The van der Waals surface area contributed by atoms with Crippen LogP contribution < -0.4 is 0 Å². The maximum Gasteiger partial charge on any atom is 0.116 e. The molecule has 3 atom stereocenters. The Hall–Kier alpha value is -0.170. The molecule has 0 rings (SSSR count). The van der Waals surface area contributed by atoms with Crippen molar-refractivity contribution in [2.24, 2.45) is 11.8 Å². The fraction of sp³-hybridized carbons (Fsp3) is 1.00. The second-order valence-electron chi connectivity index (χ2n) is 7.44. The van der Waals surface area contributed by atoms with Gasteiger partial charge in [0.05, 0.1) is 36.5 Å². The van der Waals surface area contributed by atoms with Crippen molar-refractivity contribution in [1.29, 1.82) is 0 Å². The minimum atomic E-state index is -4.37. The molecule has 0 aliphatic heterocycles. The van der Waals surface area contributed by atoms with Crippen LogP contribution in [-0.2, 0) is 10.1 Å². The highest BCUT2D eigenvalue weighted by Gasteiger charge is 2.25. The Morgan fingerprint density at radius 1 is 1.18 bits per heavy atom. The molecule has 0 aromatic rings. The molecule has 3 unspecified atom stereocenters. The third kappa shape index (κ3) is 11.4. The van der Waals surface area contributed by atoms with Crippen molar-refractivity contribution in [3.8, 4) is 0 Å². The van der Waals surface area contributed by atoms with Crippen LogP contribution in [0.1, 0.15) is 52.9 Å². The van der Waals surface area contributed by atoms with Gasteiger partial charge in [0.1, 0.15) is 12.6 Å². The second-order valence-corrected chi connectivity index (χ2v) is 8.89. The predicted molar refractivity (Wildman–Crippen MR) is 89.5 cm³/mol. The highest BCUT2D eigenvalue weighted by atomic mass is 32.2. The smallest absolute Gasteiger partial charge is 0.116 e. The Morgan fingerprint density at radius 2 is 1.77 bits per heavy atom. The summed E-state index contributed by atoms with van der Waals surface area (Å²) < 4.78 is 32.7. The normalized spacial score (nSPS) is 17.2. The van der Waals surface area contributed by atoms with Crippen molar-refractivity contribution in [2.45, 2.75) is 59.0 Å². The summed E-state index contributed by atoms with van der Waals surface area (Å²) in [6.07, 6.45) is 5.02. The molecule has 1 N–H and O–H groups in total. The number of hydrogen-bond acceptors (Lipinski definition) is 4. The summed E-state index contributed by atoms with van der Waals surface area (Å²) in [6, 6.07) is 0. The van der Waals surface area contributed by atoms with Gasteiger partial charge < -0.3 is 14.1 Å². The average molecular weight is 338 g/mol. The predicted octanol–water partition coefficient (Wildman–Crippen LogP) is 2.21. The van der Waals surface area contributed by atoms with Gasteiger partial charge in [0.2, 0.25) is 0 Å². The first kappa shape index (κ1) is 21.8. The zero-order chi connectivity index (χ0) is 17.4. The van der Waals surface area contributed by atoms with Crippen molar-refractivity contribution in [3.63, 3.8) is 0 Å². The summed E-state index contributed by atoms with van der Waals surface area (Å²) in [5.74, 6) is 0.548. The average Bonchev–Trinajstić information content (AvgIpc) is 2.30. The lowest BCUT2D eigenvalue weighted by Crippen LogP contribution is -2.49. The SMILES string of the molecule is CCCCC(CC)CC(C)C[N+](C)(C)CC(O)CS(=O)(=O)[O-]. The van der Waals surface area contributed by atoms with Crippen LogP contribution in [0.15, 0.2) is 0 Å². The largest absolute Gasteiger partial charge is 0.748 e. The second kappa shape index (κ2) is 9.85. The Balaban J connectivity index is 4.37. The highest BCUT2D eigenvalue weighted by Crippen LogP contribution is 2.23. The van der Waals surface area contributed by atoms with Gasteiger partial charge in [-0.15, -0.1) is 0 Å². The maximum atomic E-state index is 10.7. The van der Waals surface area contributed by atoms with Gasteiger partial charge in [-0.25, -0.2) is 8.42 Å². The lowest BCUT2D eigenvalue weighted by atomic mass is 9.89. The van der Waals surface area contributed by atoms with Crippen molar-refractivity contribution in [2.75, 3.05) is 32.9 Å². The van der Waals surface area contributed by atoms with Crippen molar-refractivity contribution < 1.29 is 22.6 Å². The van der Waals surface area contributed by atoms with Crippen LogP contribution >= 0.6 is 0 Å². The Bertz CT molecular complexity index is 395. The molecular weight excluding hydrogens is 302 g/mol. The number of unbranched alkanes of at least 4 members (excludes halogenated alkanes) is 1. The molecule has 5 nitrogen and oxygen atoms in total. The van der Waals surface area contributed by atoms with Gasteiger partial charge in [-0.1, -0.05) is 46.5 Å². The summed E-state index contributed by atoms with van der Waals surface area (Å²) in [6.45, 7) is 7.82. The molecule has 134 valence electrons. The Labute approximate surface area is 137 Å². The van der Waals surface area contributed by atoms with Crippen LogP contribution in [0.25, 0.3) is 0 Å². The van der Waals surface area contributed by atoms with E-state index < -0.39 is 22.0 Å². The molecule has 0 saturated carbocycles. The summed E-state index contributed by atoms with van der Waals surface area (Å²) in [7, 11) is -0.415. The highest BCUT2D eigenvalue weighted by molar-refractivity contribution is 7.85. The standard InChI is InChI=1S/C16H35NO4S/c1-6-8-9-15(7-2)10-14(3)11-17(4,5)12-16(18)13-22(19,20)21/h14-16,18H,6-13H2,1-5H3. The quantitative estimate of drug-likeness (QED) is 0.437. The number of likely N-dealkylation sites (N-methyl/N-ethyl adjacent to an activating group) is 1. The minimum absolute atomic E-state index is 0.289. The van der Waals surface area contributed by atoms with Crippen LogP contribution in [0, 0.1) is 11.8 Å². The fourth-order valence-electron chi connectivity index (χ4n) is 3.40. The van der Waals surface area contributed by atoms with Gasteiger partial charge in [0.15, 0.2) is 0 Å². The molecule has 0 amide bonds. The number of quaternary nitrogens is 1. The van der Waals surface area contributed by atoms with E-state index in [1.165, 1.54) is 25.7 Å². The fourth-order valence-corrected chi connectivity index (χ4v) is 3.98. The van der Waals surface area contributed by atoms with Crippen LogP contribution in [0.2, 0.25) is 0 Å². The van der Waals surface area contributed by atoms with Crippen molar-refractivity contribution in [1.82, 2.24) is 0 Å². The van der Waals surface area contributed by atoms with E-state index in [1.54, 1.807) is 0 Å². The van der Waals surface area contributed by atoms with Crippen molar-refractivity contribution >= 4 is 10.1 Å². The number of aliphatic hydroxyl groups excluding tert-OH is 1. The minimum Gasteiger partial charge on any atom is -0.748 e. The zero-order valence-corrected chi connectivity index (χ0v) is 15.7. The van der Waals surface area contributed by atoms with E-state index in [1.807, 2.05) is 14.1 Å². The molecule has 0 radical (unpaired) electrons. The maximum absolute atomic E-state index is 10.7. The van der Waals surface area contributed by atoms with Gasteiger partial charge in [-0.3, -0.25) is 0 Å². The van der Waals surface area contributed by atoms with Gasteiger partial charge >= 0.3 is 0 Å². The zero-order valence-electron chi connectivity index (χ0n) is 14.9. The van der Waals surface area contributed by atoms with Gasteiger partial charge in [-0.2, -0.15) is 0 Å². The number of rotatable bonds is 12. The summed E-state index contributed by atoms with van der Waals surface area (Å²) in [4.78, 5) is 0. The molecular formula is C16H35NO4S. The van der Waals surface area contributed by atoms with E-state index in [4.69, 9.17) is 0 Å². The summed E-state index contributed by atoms with van der Waals surface area (Å²) >= 11 is 0. The molecule has 0 heterocycles. The Morgan fingerprint density at radius 3 is 2.23 bits per heavy atom. The number of hydrogen-bond donors (Lipinski definition) is 1. The van der Waals surface area contributed by atoms with E-state index in [9.17, 15) is 18.1 Å². The topological polar surface area (TPSA) is 77.4 Å². The van der Waals surface area contributed by atoms with Gasteiger partial charge in [0, 0.05) is 5.92 Å². The first-order valence-electron chi connectivity index (χ1n) is 8.42. The van der Waals surface area contributed by atoms with Gasteiger partial charge in [-0.05, 0) is 12.3 Å². The summed E-state index contributed by atoms with van der Waals surface area (Å²) in [5.41, 5.74) is 0. The van der Waals surface area contributed by atoms with E-state index in [0.717, 1.165) is 18.9 Å². The molecule has 0 saturated heterocycles. The van der Waals surface area contributed by atoms with Crippen LogP contribution in [-0.4, -0.2) is 61.6 Å². The molecule has 0 aromatic carbocycles. The van der Waals surface area contributed by atoms with Crippen LogP contribution in [0.3, 0.4) is 0 Å². The van der Waals surface area contributed by atoms with Crippen LogP contribution in [0.4, 0.5) is 0 Å². The van der Waals surface area contributed by atoms with Crippen LogP contribution in [0.5, 0.6) is 0 Å². The van der Waals surface area contributed by atoms with E-state index in [-0.39, 0.29) is 6.54 Å². The third-order valence-electron chi connectivity index (χ3n) is 4.19. The molecule has 0 bridgehead atoms. The molecule has 22 heavy (non-hydrogen) atoms. The number of aliphatic hydroxyl groups is 1. The van der Waals surface area contributed by atoms with E-state index in [2.05, 4.69) is 20.8 Å². The first-order valence-corrected chi connectivity index (χ1v) is 10.0. The first-order chi connectivity index (χ1) is 9.99. The molecule has 0 aliphatic rings.